The van der Waals surface area contributed by atoms with E-state index in [-0.39, 0.29) is 24.4 Å². The molecule has 0 bridgehead atoms. The summed E-state index contributed by atoms with van der Waals surface area (Å²) in [6, 6.07) is 10.3. The number of nitrogens with one attached hydrogen (secondary N) is 3. The molecule has 2 aliphatic rings. The number of aromatic nitrogens is 1. The lowest BCUT2D eigenvalue weighted by molar-refractivity contribution is -0.133. The van der Waals surface area contributed by atoms with Crippen molar-refractivity contribution in [2.45, 2.75) is 44.8 Å². The van der Waals surface area contributed by atoms with E-state index in [0.717, 1.165) is 22.4 Å². The largest absolute Gasteiger partial charge is 0.426 e. The third-order valence-electron chi connectivity index (χ3n) is 7.20. The molecule has 3 N–H and O–H groups in total. The molecule has 1 unspecified atom stereocenters. The monoisotopic (exact) mass is 536 g/mol. The second-order valence-electron chi connectivity index (χ2n) is 10.2. The molecule has 2 aliphatic heterocycles. The number of benzene rings is 2. The quantitative estimate of drug-likeness (QED) is 0.440. The van der Waals surface area contributed by atoms with E-state index in [0.29, 0.717) is 43.6 Å². The van der Waals surface area contributed by atoms with Gasteiger partial charge >= 0.3 is 17.9 Å². The summed E-state index contributed by atoms with van der Waals surface area (Å²) >= 11 is 0. The van der Waals surface area contributed by atoms with Crippen LogP contribution in [-0.4, -0.2) is 77.1 Å². The van der Waals surface area contributed by atoms with Crippen molar-refractivity contribution in [2.24, 2.45) is 0 Å². The van der Waals surface area contributed by atoms with Crippen LogP contribution in [0.5, 0.6) is 0 Å². The SMILES string of the molecule is Cc1cc(CC(NC(=O)ON2CCC(N3Cc4ccccc4NC3=O)CC2)C(=O)N(C)C)cc2oc(=O)[nH]c12. The number of likely N-dealkylation sites (N-methyl/N-ethyl adjacent to an activating group) is 1. The highest BCUT2D eigenvalue weighted by atomic mass is 16.7. The molecule has 0 saturated carbocycles. The maximum atomic E-state index is 12.9. The van der Waals surface area contributed by atoms with Gasteiger partial charge in [0.15, 0.2) is 5.58 Å². The van der Waals surface area contributed by atoms with Crippen LogP contribution < -0.4 is 16.4 Å². The Bertz CT molecular complexity index is 1450. The van der Waals surface area contributed by atoms with Gasteiger partial charge in [-0.2, -0.15) is 0 Å². The molecule has 3 heterocycles. The number of hydrogen-bond acceptors (Lipinski definition) is 7. The zero-order valence-corrected chi connectivity index (χ0v) is 22.2. The number of amides is 4. The number of rotatable bonds is 6. The topological polar surface area (TPSA) is 140 Å². The van der Waals surface area contributed by atoms with E-state index in [9.17, 15) is 19.2 Å². The van der Waals surface area contributed by atoms with Gasteiger partial charge in [-0.25, -0.2) is 14.4 Å². The fourth-order valence-electron chi connectivity index (χ4n) is 5.21. The number of anilines is 1. The molecule has 0 radical (unpaired) electrons. The molecule has 12 heteroatoms. The molecule has 1 aromatic heterocycles. The number of aromatic amines is 1. The molecule has 5 rings (SSSR count). The standard InChI is InChI=1S/C27H32N6O6/c1-16-12-17(14-22-23(16)30-26(36)38-22)13-21(24(34)31(2)3)29-27(37)39-32-10-8-19(9-11-32)33-15-18-6-4-5-7-20(18)28-25(33)35/h4-7,12,14,19,21H,8-11,13,15H2,1-3H3,(H,28,35)(H,29,37)(H,30,36). The number of carbonyl (C=O) groups excluding carboxylic acids is 3. The summed E-state index contributed by atoms with van der Waals surface area (Å²) < 4.78 is 5.18. The molecule has 1 saturated heterocycles. The van der Waals surface area contributed by atoms with Gasteiger partial charge in [0, 0.05) is 51.9 Å². The van der Waals surface area contributed by atoms with Gasteiger partial charge in [0.2, 0.25) is 5.91 Å². The molecule has 3 aromatic rings. The smallest absolute Gasteiger partial charge is 0.408 e. The van der Waals surface area contributed by atoms with Gasteiger partial charge in [-0.05, 0) is 48.6 Å². The van der Waals surface area contributed by atoms with Crippen LogP contribution in [0.3, 0.4) is 0 Å². The number of hydroxylamine groups is 2. The van der Waals surface area contributed by atoms with Crippen molar-refractivity contribution >= 4 is 34.8 Å². The van der Waals surface area contributed by atoms with Crippen LogP contribution in [0.1, 0.15) is 29.5 Å². The van der Waals surface area contributed by atoms with E-state index in [1.807, 2.05) is 42.2 Å². The van der Waals surface area contributed by atoms with E-state index in [2.05, 4.69) is 15.6 Å². The first-order valence-electron chi connectivity index (χ1n) is 12.9. The van der Waals surface area contributed by atoms with Crippen LogP contribution in [-0.2, 0) is 22.6 Å². The van der Waals surface area contributed by atoms with E-state index in [1.54, 1.807) is 25.2 Å². The maximum absolute atomic E-state index is 12.9. The normalized spacial score (nSPS) is 16.9. The molecule has 4 amide bonds. The average molecular weight is 537 g/mol. The Morgan fingerprint density at radius 1 is 1.18 bits per heavy atom. The second kappa shape index (κ2) is 10.8. The van der Waals surface area contributed by atoms with Gasteiger partial charge < -0.3 is 29.7 Å². The van der Waals surface area contributed by atoms with Crippen molar-refractivity contribution in [2.75, 3.05) is 32.5 Å². The van der Waals surface area contributed by atoms with Gasteiger partial charge in [-0.3, -0.25) is 9.78 Å². The minimum atomic E-state index is -0.885. The molecule has 206 valence electrons. The number of para-hydroxylation sites is 1. The number of urea groups is 1. The Hall–Kier alpha value is -4.32. The second-order valence-corrected chi connectivity index (χ2v) is 10.2. The minimum absolute atomic E-state index is 0.0240. The first-order valence-corrected chi connectivity index (χ1v) is 12.9. The van der Waals surface area contributed by atoms with Crippen LogP contribution >= 0.6 is 0 Å². The van der Waals surface area contributed by atoms with Crippen molar-refractivity contribution in [1.82, 2.24) is 25.2 Å². The zero-order valence-electron chi connectivity index (χ0n) is 22.2. The Morgan fingerprint density at radius 2 is 1.92 bits per heavy atom. The summed E-state index contributed by atoms with van der Waals surface area (Å²) in [5.41, 5.74) is 4.42. The third-order valence-corrected chi connectivity index (χ3v) is 7.20. The number of nitrogens with zero attached hydrogens (tertiary/aromatic N) is 3. The molecule has 0 aliphatic carbocycles. The molecular weight excluding hydrogens is 504 g/mol. The Labute approximate surface area is 224 Å². The summed E-state index contributed by atoms with van der Waals surface area (Å²) in [7, 11) is 3.23. The summed E-state index contributed by atoms with van der Waals surface area (Å²) in [4.78, 5) is 61.3. The summed E-state index contributed by atoms with van der Waals surface area (Å²) in [6.07, 6.45) is 0.740. The van der Waals surface area contributed by atoms with Gasteiger partial charge in [-0.15, -0.1) is 5.06 Å². The fraction of sp³-hybridized carbons (Fsp3) is 0.407. The van der Waals surface area contributed by atoms with Crippen LogP contribution in [0.15, 0.2) is 45.6 Å². The lowest BCUT2D eigenvalue weighted by atomic mass is 10.0. The minimum Gasteiger partial charge on any atom is -0.408 e. The highest BCUT2D eigenvalue weighted by Gasteiger charge is 2.33. The highest BCUT2D eigenvalue weighted by molar-refractivity contribution is 5.92. The van der Waals surface area contributed by atoms with Crippen LogP contribution in [0.2, 0.25) is 0 Å². The van der Waals surface area contributed by atoms with Crippen LogP contribution in [0.25, 0.3) is 11.1 Å². The highest BCUT2D eigenvalue weighted by Crippen LogP contribution is 2.27. The maximum Gasteiger partial charge on any atom is 0.426 e. The molecular formula is C27H32N6O6. The Morgan fingerprint density at radius 3 is 2.67 bits per heavy atom. The first kappa shape index (κ1) is 26.3. The third kappa shape index (κ3) is 5.75. The van der Waals surface area contributed by atoms with E-state index >= 15 is 0 Å². The van der Waals surface area contributed by atoms with Crippen molar-refractivity contribution in [1.29, 1.82) is 0 Å². The van der Waals surface area contributed by atoms with E-state index in [1.165, 1.54) is 4.90 Å². The van der Waals surface area contributed by atoms with E-state index in [4.69, 9.17) is 9.25 Å². The van der Waals surface area contributed by atoms with Crippen LogP contribution in [0.4, 0.5) is 15.3 Å². The number of oxazole rings is 1. The number of carbonyl (C=O) groups is 3. The number of piperidine rings is 1. The lowest BCUT2D eigenvalue weighted by Gasteiger charge is -2.39. The van der Waals surface area contributed by atoms with Crippen molar-refractivity contribution in [3.63, 3.8) is 0 Å². The summed E-state index contributed by atoms with van der Waals surface area (Å²) in [5, 5.41) is 7.19. The van der Waals surface area contributed by atoms with Crippen molar-refractivity contribution < 1.29 is 23.6 Å². The first-order chi connectivity index (χ1) is 18.7. The number of H-pyrrole nitrogens is 1. The number of hydrogen-bond donors (Lipinski definition) is 3. The van der Waals surface area contributed by atoms with Crippen molar-refractivity contribution in [3.8, 4) is 0 Å². The summed E-state index contributed by atoms with van der Waals surface area (Å²) in [5.74, 6) is -0.849. The van der Waals surface area contributed by atoms with E-state index < -0.39 is 17.9 Å². The van der Waals surface area contributed by atoms with Gasteiger partial charge in [-0.1, -0.05) is 24.3 Å². The molecule has 1 fully saturated rings. The zero-order chi connectivity index (χ0) is 27.7. The predicted octanol–water partition coefficient (Wildman–Crippen LogP) is 2.58. The molecule has 1 atom stereocenters. The molecule has 39 heavy (non-hydrogen) atoms. The van der Waals surface area contributed by atoms with Gasteiger partial charge in [0.1, 0.15) is 6.04 Å². The predicted molar refractivity (Wildman–Crippen MR) is 143 cm³/mol. The molecule has 2 aromatic carbocycles. The Kier molecular flexibility index (Phi) is 7.29. The molecule has 12 nitrogen and oxygen atoms in total. The number of aryl methyl sites for hydroxylation is 1. The van der Waals surface area contributed by atoms with Gasteiger partial charge in [0.25, 0.3) is 0 Å². The lowest BCUT2D eigenvalue weighted by Crippen LogP contribution is -2.52. The molecule has 0 spiro atoms. The average Bonchev–Trinajstić information content (AvgIpc) is 3.28. The Balaban J connectivity index is 1.18. The fourth-order valence-corrected chi connectivity index (χ4v) is 5.21. The van der Waals surface area contributed by atoms with Crippen molar-refractivity contribution in [3.05, 3.63) is 63.6 Å². The summed E-state index contributed by atoms with van der Waals surface area (Å²) in [6.45, 7) is 3.29. The van der Waals surface area contributed by atoms with Crippen LogP contribution in [0, 0.1) is 6.92 Å². The van der Waals surface area contributed by atoms with Gasteiger partial charge in [0.05, 0.1) is 5.52 Å². The number of fused-ring (bicyclic) bond motifs is 2.